The molecule has 0 aromatic carbocycles. The van der Waals surface area contributed by atoms with Crippen molar-refractivity contribution in [2.24, 2.45) is 0 Å². The summed E-state index contributed by atoms with van der Waals surface area (Å²) in [6.07, 6.45) is 1.38. The standard InChI is InChI=1S/C15H22N6O5S/c1-27(3-2-7(16)15(24)25)4-8-10(22)11(23)14(26-8)21-6-20-9-12(17)18-5-19-13(9)21/h5-8,10-11,14,22-23H,2-4,16H2,1H3,(H2-,17,18,19,24,25)/p+1/t7-,8+,10?,11-,14+,27?/m0/s1. The van der Waals surface area contributed by atoms with E-state index in [1.54, 1.807) is 0 Å². The molecule has 11 nitrogen and oxygen atoms in total. The highest BCUT2D eigenvalue weighted by Crippen LogP contribution is 2.32. The van der Waals surface area contributed by atoms with Gasteiger partial charge in [0, 0.05) is 6.42 Å². The molecule has 2 unspecified atom stereocenters. The smallest absolute Gasteiger partial charge is 0.167 e. The Kier molecular flexibility index (Phi) is 5.81. The van der Waals surface area contributed by atoms with Crippen molar-refractivity contribution in [1.82, 2.24) is 19.5 Å². The number of carbonyl (C=O) groups is 1. The first kappa shape index (κ1) is 19.8. The zero-order valence-electron chi connectivity index (χ0n) is 14.8. The number of imidazole rings is 1. The molecule has 3 heterocycles. The Morgan fingerprint density at radius 3 is 2.89 bits per heavy atom. The summed E-state index contributed by atoms with van der Waals surface area (Å²) in [7, 11) is -0.223. The number of ether oxygens (including phenoxy) is 1. The van der Waals surface area contributed by atoms with E-state index in [0.717, 1.165) is 0 Å². The van der Waals surface area contributed by atoms with Crippen LogP contribution >= 0.6 is 0 Å². The van der Waals surface area contributed by atoms with E-state index in [1.807, 2.05) is 6.26 Å². The number of aliphatic carboxylic acids is 1. The number of carboxylic acid groups (broad SMARTS) is 1. The summed E-state index contributed by atoms with van der Waals surface area (Å²) < 4.78 is 7.41. The predicted molar refractivity (Wildman–Crippen MR) is 95.0 cm³/mol. The molecule has 12 heteroatoms. The topological polar surface area (TPSA) is 187 Å². The third kappa shape index (κ3) is 3.99. The van der Waals surface area contributed by atoms with Gasteiger partial charge < -0.3 is 36.3 Å². The number of nitrogen functional groups attached to an aromatic ring is 1. The van der Waals surface area contributed by atoms with Gasteiger partial charge in [-0.3, -0.25) is 4.57 Å². The van der Waals surface area contributed by atoms with Gasteiger partial charge in [0.15, 0.2) is 17.7 Å². The second kappa shape index (κ2) is 7.94. The van der Waals surface area contributed by atoms with Crippen LogP contribution in [-0.4, -0.2) is 77.8 Å². The number of nitrogens with zero attached hydrogens (tertiary/aromatic N) is 4. The molecule has 1 aliphatic heterocycles. The number of rotatable bonds is 7. The Morgan fingerprint density at radius 2 is 2.19 bits per heavy atom. The highest BCUT2D eigenvalue weighted by Gasteiger charge is 2.46. The molecule has 6 atom stereocenters. The van der Waals surface area contributed by atoms with Gasteiger partial charge in [0.05, 0.1) is 18.6 Å². The van der Waals surface area contributed by atoms with E-state index in [0.29, 0.717) is 29.1 Å². The molecule has 1 saturated heterocycles. The van der Waals surface area contributed by atoms with Crippen molar-refractivity contribution in [3.63, 3.8) is 0 Å². The number of nitrogens with two attached hydrogens (primary N) is 1. The number of anilines is 1. The van der Waals surface area contributed by atoms with Crippen molar-refractivity contribution in [2.75, 3.05) is 23.5 Å². The highest BCUT2D eigenvalue weighted by molar-refractivity contribution is 7.96. The van der Waals surface area contributed by atoms with Gasteiger partial charge in [-0.15, -0.1) is 0 Å². The Morgan fingerprint density at radius 1 is 1.44 bits per heavy atom. The van der Waals surface area contributed by atoms with Crippen molar-refractivity contribution >= 4 is 33.8 Å². The number of aliphatic hydroxyl groups excluding tert-OH is 2. The Bertz CT molecular complexity index is 819. The first-order valence-corrected chi connectivity index (χ1v) is 10.3. The lowest BCUT2D eigenvalue weighted by Gasteiger charge is -2.16. The number of hydrogen-bond donors (Lipinski definition) is 4. The van der Waals surface area contributed by atoms with Crippen LogP contribution in [0.5, 0.6) is 0 Å². The largest absolute Gasteiger partial charge is 0.544 e. The van der Waals surface area contributed by atoms with E-state index in [-0.39, 0.29) is 16.7 Å². The quantitative estimate of drug-likeness (QED) is 0.337. The number of fused-ring (bicyclic) bond motifs is 1. The minimum absolute atomic E-state index is 0.217. The zero-order valence-corrected chi connectivity index (χ0v) is 15.6. The van der Waals surface area contributed by atoms with Crippen molar-refractivity contribution in [1.29, 1.82) is 0 Å². The van der Waals surface area contributed by atoms with Gasteiger partial charge in [-0.2, -0.15) is 0 Å². The van der Waals surface area contributed by atoms with Gasteiger partial charge in [0.1, 0.15) is 47.7 Å². The summed E-state index contributed by atoms with van der Waals surface area (Å²) in [4.78, 5) is 22.9. The summed E-state index contributed by atoms with van der Waals surface area (Å²) in [5.74, 6) is 0.146. The van der Waals surface area contributed by atoms with Crippen LogP contribution in [0.15, 0.2) is 12.7 Å². The van der Waals surface area contributed by atoms with Gasteiger partial charge in [-0.25, -0.2) is 15.0 Å². The van der Waals surface area contributed by atoms with E-state index in [4.69, 9.17) is 10.5 Å². The summed E-state index contributed by atoms with van der Waals surface area (Å²) in [6, 6.07) is -0.768. The summed E-state index contributed by atoms with van der Waals surface area (Å²) >= 11 is 0. The lowest BCUT2D eigenvalue weighted by Crippen LogP contribution is -2.68. The third-order valence-electron chi connectivity index (χ3n) is 4.60. The predicted octanol–water partition coefficient (Wildman–Crippen LogP) is -3.97. The Hall–Kier alpha value is -1.99. The molecule has 0 amide bonds. The molecule has 0 aliphatic carbocycles. The number of carboxylic acids is 1. The van der Waals surface area contributed by atoms with Crippen LogP contribution in [0, 0.1) is 0 Å². The zero-order chi connectivity index (χ0) is 19.7. The molecule has 7 N–H and O–H groups in total. The van der Waals surface area contributed by atoms with E-state index in [9.17, 15) is 20.1 Å². The second-order valence-corrected chi connectivity index (χ2v) is 8.89. The molecular formula is C15H23N6O5S+. The van der Waals surface area contributed by atoms with Crippen molar-refractivity contribution in [2.45, 2.75) is 37.0 Å². The van der Waals surface area contributed by atoms with Gasteiger partial charge >= 0.3 is 0 Å². The highest BCUT2D eigenvalue weighted by atomic mass is 32.2. The number of hydrogen-bond acceptors (Lipinski definition) is 9. The normalized spacial score (nSPS) is 27.7. The van der Waals surface area contributed by atoms with Gasteiger partial charge in [0.2, 0.25) is 0 Å². The fourth-order valence-corrected chi connectivity index (χ4v) is 4.67. The molecule has 0 saturated carbocycles. The SMILES string of the molecule is C[S+](CC[C@H]([NH3+])C(=O)[O-])C[C@H]1O[C@@H](n2cnc3c(N)ncnc32)[C@@H](O)C1O. The maximum Gasteiger partial charge on any atom is 0.167 e. The molecule has 0 radical (unpaired) electrons. The van der Waals surface area contributed by atoms with Crippen LogP contribution in [0.3, 0.4) is 0 Å². The first-order chi connectivity index (χ1) is 12.8. The number of carbonyl (C=O) groups excluding carboxylic acids is 1. The summed E-state index contributed by atoms with van der Waals surface area (Å²) in [5.41, 5.74) is 10.1. The van der Waals surface area contributed by atoms with Gasteiger partial charge in [0.25, 0.3) is 0 Å². The fourth-order valence-electron chi connectivity index (χ4n) is 2.98. The fraction of sp³-hybridized carbons (Fsp3) is 0.600. The van der Waals surface area contributed by atoms with Crippen LogP contribution in [0.1, 0.15) is 12.6 Å². The average Bonchev–Trinajstić information content (AvgIpc) is 3.17. The summed E-state index contributed by atoms with van der Waals surface area (Å²) in [5, 5.41) is 31.6. The minimum atomic E-state index is -1.17. The minimum Gasteiger partial charge on any atom is -0.544 e. The molecule has 2 aromatic rings. The van der Waals surface area contributed by atoms with E-state index in [2.05, 4.69) is 20.7 Å². The molecule has 1 fully saturated rings. The van der Waals surface area contributed by atoms with Gasteiger partial charge in [-0.1, -0.05) is 0 Å². The third-order valence-corrected chi connectivity index (χ3v) is 6.43. The molecule has 148 valence electrons. The molecule has 0 bridgehead atoms. The summed E-state index contributed by atoms with van der Waals surface area (Å²) in [6.45, 7) is 0. The maximum atomic E-state index is 10.8. The van der Waals surface area contributed by atoms with Crippen LogP contribution in [0.4, 0.5) is 5.82 Å². The lowest BCUT2D eigenvalue weighted by atomic mass is 10.1. The van der Waals surface area contributed by atoms with Gasteiger partial charge in [-0.05, 0) is 10.9 Å². The number of aliphatic hydroxyl groups is 2. The molecule has 27 heavy (non-hydrogen) atoms. The van der Waals surface area contributed by atoms with Crippen LogP contribution in [-0.2, 0) is 20.4 Å². The van der Waals surface area contributed by atoms with E-state index >= 15 is 0 Å². The molecular weight excluding hydrogens is 376 g/mol. The molecule has 2 aromatic heterocycles. The van der Waals surface area contributed by atoms with Crippen LogP contribution < -0.4 is 16.6 Å². The molecule has 0 spiro atoms. The second-order valence-electron chi connectivity index (χ2n) is 6.59. The van der Waals surface area contributed by atoms with Crippen LogP contribution in [0.25, 0.3) is 11.2 Å². The molecule has 1 aliphatic rings. The number of aromatic nitrogens is 4. The van der Waals surface area contributed by atoms with E-state index < -0.39 is 36.6 Å². The monoisotopic (exact) mass is 399 g/mol. The van der Waals surface area contributed by atoms with E-state index in [1.165, 1.54) is 17.2 Å². The maximum absolute atomic E-state index is 10.8. The van der Waals surface area contributed by atoms with Crippen molar-refractivity contribution < 1.29 is 30.6 Å². The van der Waals surface area contributed by atoms with Crippen molar-refractivity contribution in [3.8, 4) is 0 Å². The average molecular weight is 399 g/mol. The lowest BCUT2D eigenvalue weighted by molar-refractivity contribution is -0.437. The van der Waals surface area contributed by atoms with Crippen LogP contribution in [0.2, 0.25) is 0 Å². The Labute approximate surface area is 157 Å². The Balaban J connectivity index is 1.68. The number of quaternary nitrogens is 1. The first-order valence-electron chi connectivity index (χ1n) is 8.37. The van der Waals surface area contributed by atoms with Crippen molar-refractivity contribution in [3.05, 3.63) is 12.7 Å². The molecule has 3 rings (SSSR count).